The molecule has 11 nitrogen and oxygen atoms in total. The van der Waals surface area contributed by atoms with E-state index in [1.807, 2.05) is 50.5 Å². The number of imide groups is 1. The molecule has 0 radical (unpaired) electrons. The van der Waals surface area contributed by atoms with Gasteiger partial charge >= 0.3 is 0 Å². The second kappa shape index (κ2) is 12.6. The van der Waals surface area contributed by atoms with Crippen LogP contribution in [0.1, 0.15) is 11.7 Å². The molecule has 9 N–H and O–H groups in total. The van der Waals surface area contributed by atoms with Crippen molar-refractivity contribution in [3.63, 3.8) is 0 Å². The van der Waals surface area contributed by atoms with E-state index >= 15 is 0 Å². The highest BCUT2D eigenvalue weighted by Crippen LogP contribution is 2.40. The fourth-order valence-corrected chi connectivity index (χ4v) is 6.17. The number of hydrogen-bond acceptors (Lipinski definition) is 9. The lowest BCUT2D eigenvalue weighted by Crippen LogP contribution is -2.41. The summed E-state index contributed by atoms with van der Waals surface area (Å²) in [5.41, 5.74) is 6.42. The third-order valence-electron chi connectivity index (χ3n) is 4.02. The molecule has 0 aromatic heterocycles. The van der Waals surface area contributed by atoms with Gasteiger partial charge in [-0.3, -0.25) is 19.7 Å². The topological polar surface area (TPSA) is 202 Å². The van der Waals surface area contributed by atoms with Crippen LogP contribution in [-0.2, 0) is 14.4 Å². The van der Waals surface area contributed by atoms with Crippen molar-refractivity contribution in [1.82, 2.24) is 5.32 Å². The van der Waals surface area contributed by atoms with Crippen LogP contribution in [-0.4, -0.2) is 69.7 Å². The maximum absolute atomic E-state index is 12.4. The number of carbonyl (C=O) groups excluding carboxylic acids is 3. The van der Waals surface area contributed by atoms with Crippen LogP contribution in [0, 0.1) is 22.5 Å². The number of aliphatic hydroxyl groups is 5. The minimum Gasteiger partial charge on any atom is -0.397 e. The van der Waals surface area contributed by atoms with E-state index in [4.69, 9.17) is 15.9 Å². The summed E-state index contributed by atoms with van der Waals surface area (Å²) < 4.78 is 0.989. The SMILES string of the molecule is Nc1c(I)c(NC(=O)C(CO)CO)c(I)c(C(O)C(=O)NC(=O)C(CO)CO)c1I. The molecule has 14 heteroatoms. The fraction of sp³-hybridized carbons (Fsp3) is 0.438. The van der Waals surface area contributed by atoms with Crippen LogP contribution in [0.5, 0.6) is 0 Å². The van der Waals surface area contributed by atoms with E-state index in [0.717, 1.165) is 0 Å². The van der Waals surface area contributed by atoms with Gasteiger partial charge in [-0.2, -0.15) is 0 Å². The number of nitrogens with two attached hydrogens (primary N) is 1. The van der Waals surface area contributed by atoms with E-state index in [-0.39, 0.29) is 20.5 Å². The van der Waals surface area contributed by atoms with Crippen molar-refractivity contribution in [3.05, 3.63) is 16.3 Å². The first kappa shape index (κ1) is 27.7. The van der Waals surface area contributed by atoms with Gasteiger partial charge in [0.15, 0.2) is 6.10 Å². The first-order valence-corrected chi connectivity index (χ1v) is 11.5. The fourth-order valence-electron chi connectivity index (χ4n) is 2.15. The second-order valence-corrected chi connectivity index (χ2v) is 9.25. The van der Waals surface area contributed by atoms with E-state index in [0.29, 0.717) is 7.14 Å². The van der Waals surface area contributed by atoms with Crippen molar-refractivity contribution >= 4 is 96.9 Å². The molecule has 0 aliphatic rings. The van der Waals surface area contributed by atoms with Crippen LogP contribution in [0.3, 0.4) is 0 Å². The summed E-state index contributed by atoms with van der Waals surface area (Å²) in [7, 11) is 0. The maximum Gasteiger partial charge on any atom is 0.260 e. The molecule has 1 rings (SSSR count). The molecular formula is C16H20I3N3O8. The number of rotatable bonds is 9. The molecule has 0 aliphatic heterocycles. The number of carbonyl (C=O) groups is 3. The van der Waals surface area contributed by atoms with Crippen LogP contribution in [0.25, 0.3) is 0 Å². The van der Waals surface area contributed by atoms with Crippen LogP contribution >= 0.6 is 67.8 Å². The van der Waals surface area contributed by atoms with Crippen LogP contribution < -0.4 is 16.4 Å². The summed E-state index contributed by atoms with van der Waals surface area (Å²) in [6.07, 6.45) is -1.85. The predicted molar refractivity (Wildman–Crippen MR) is 131 cm³/mol. The average Bonchev–Trinajstić information content (AvgIpc) is 2.71. The van der Waals surface area contributed by atoms with E-state index < -0.39 is 62.1 Å². The van der Waals surface area contributed by atoms with Crippen molar-refractivity contribution in [2.75, 3.05) is 37.5 Å². The number of benzene rings is 1. The molecule has 0 fully saturated rings. The first-order chi connectivity index (χ1) is 14.0. The van der Waals surface area contributed by atoms with Crippen molar-refractivity contribution in [2.45, 2.75) is 6.10 Å². The van der Waals surface area contributed by atoms with E-state index in [1.54, 1.807) is 22.6 Å². The second-order valence-electron chi connectivity index (χ2n) is 6.01. The third-order valence-corrected chi connectivity index (χ3v) is 7.43. The molecule has 30 heavy (non-hydrogen) atoms. The van der Waals surface area contributed by atoms with Crippen molar-refractivity contribution in [3.8, 4) is 0 Å². The molecule has 0 saturated heterocycles. The lowest BCUT2D eigenvalue weighted by atomic mass is 10.1. The Hall–Kier alpha value is -0.380. The van der Waals surface area contributed by atoms with Crippen LogP contribution in [0.4, 0.5) is 11.4 Å². The van der Waals surface area contributed by atoms with E-state index in [2.05, 4.69) is 5.32 Å². The summed E-state index contributed by atoms with van der Waals surface area (Å²) in [5.74, 6) is -5.07. The van der Waals surface area contributed by atoms with Gasteiger partial charge in [0.25, 0.3) is 5.91 Å². The summed E-state index contributed by atoms with van der Waals surface area (Å²) in [6, 6.07) is 0. The van der Waals surface area contributed by atoms with E-state index in [1.165, 1.54) is 0 Å². The van der Waals surface area contributed by atoms with Gasteiger partial charge in [0.05, 0.1) is 53.2 Å². The first-order valence-electron chi connectivity index (χ1n) is 8.28. The van der Waals surface area contributed by atoms with Crippen LogP contribution in [0.2, 0.25) is 0 Å². The summed E-state index contributed by atoms with van der Waals surface area (Å²) in [4.78, 5) is 36.5. The molecule has 1 aromatic rings. The number of halogens is 3. The monoisotopic (exact) mass is 763 g/mol. The Morgan fingerprint density at radius 1 is 0.800 bits per heavy atom. The number of nitrogens with one attached hydrogen (secondary N) is 2. The molecular weight excluding hydrogens is 743 g/mol. The summed E-state index contributed by atoms with van der Waals surface area (Å²) >= 11 is 5.47. The molecule has 3 amide bonds. The zero-order valence-corrected chi connectivity index (χ0v) is 21.7. The van der Waals surface area contributed by atoms with Gasteiger partial charge in [-0.15, -0.1) is 0 Å². The zero-order chi connectivity index (χ0) is 23.2. The summed E-state index contributed by atoms with van der Waals surface area (Å²) in [6.45, 7) is -2.56. The smallest absolute Gasteiger partial charge is 0.260 e. The Morgan fingerprint density at radius 3 is 1.73 bits per heavy atom. The molecule has 1 aromatic carbocycles. The normalized spacial score (nSPS) is 12.2. The van der Waals surface area contributed by atoms with Gasteiger partial charge < -0.3 is 36.6 Å². The Balaban J connectivity index is 3.33. The lowest BCUT2D eigenvalue weighted by molar-refractivity contribution is -0.139. The number of nitrogen functional groups attached to an aromatic ring is 1. The molecule has 0 aliphatic carbocycles. The summed E-state index contributed by atoms with van der Waals surface area (Å²) in [5, 5.41) is 51.4. The highest BCUT2D eigenvalue weighted by Gasteiger charge is 2.31. The van der Waals surface area contributed by atoms with Crippen molar-refractivity contribution in [2.24, 2.45) is 11.8 Å². The standard InChI is InChI=1S/C16H20I3N3O8/c17-8-7(13(27)16(30)22-15(29)6(3-25)4-26)9(18)12(10(19)11(8)20)21-14(28)5(1-23)2-24/h5-6,13,23-27H,1-4,20H2,(H,21,28)(H,22,29,30). The molecule has 0 saturated carbocycles. The predicted octanol–water partition coefficient (Wildman–Crippen LogP) is -1.10. The molecule has 1 atom stereocenters. The van der Waals surface area contributed by atoms with Gasteiger partial charge in [0, 0.05) is 12.7 Å². The van der Waals surface area contributed by atoms with Gasteiger partial charge in [-0.25, -0.2) is 0 Å². The Kier molecular flexibility index (Phi) is 11.6. The minimum absolute atomic E-state index is 0.0313. The highest BCUT2D eigenvalue weighted by atomic mass is 127. The lowest BCUT2D eigenvalue weighted by Gasteiger charge is -2.22. The number of anilines is 2. The highest BCUT2D eigenvalue weighted by molar-refractivity contribution is 14.1. The maximum atomic E-state index is 12.4. The Bertz CT molecular complexity index is 816. The van der Waals surface area contributed by atoms with Gasteiger partial charge in [0.1, 0.15) is 0 Å². The van der Waals surface area contributed by atoms with Gasteiger partial charge in [-0.05, 0) is 67.8 Å². The van der Waals surface area contributed by atoms with Crippen LogP contribution in [0.15, 0.2) is 0 Å². The average molecular weight is 763 g/mol. The number of hydrogen-bond donors (Lipinski definition) is 8. The molecule has 168 valence electrons. The third kappa shape index (κ3) is 6.33. The minimum atomic E-state index is -1.85. The Labute approximate surface area is 212 Å². The van der Waals surface area contributed by atoms with Gasteiger partial charge in [-0.1, -0.05) is 0 Å². The van der Waals surface area contributed by atoms with Crippen molar-refractivity contribution < 1.29 is 39.9 Å². The largest absolute Gasteiger partial charge is 0.397 e. The Morgan fingerprint density at radius 2 is 1.27 bits per heavy atom. The zero-order valence-electron chi connectivity index (χ0n) is 15.2. The molecule has 0 heterocycles. The van der Waals surface area contributed by atoms with Crippen molar-refractivity contribution in [1.29, 1.82) is 0 Å². The molecule has 1 unspecified atom stereocenters. The molecule has 0 spiro atoms. The van der Waals surface area contributed by atoms with E-state index in [9.17, 15) is 29.7 Å². The number of amides is 3. The molecule has 0 bridgehead atoms. The number of aliphatic hydroxyl groups excluding tert-OH is 5. The quantitative estimate of drug-likeness (QED) is 0.114. The van der Waals surface area contributed by atoms with Gasteiger partial charge in [0.2, 0.25) is 11.8 Å².